The summed E-state index contributed by atoms with van der Waals surface area (Å²) in [6.45, 7) is 1.92. The van der Waals surface area contributed by atoms with Crippen LogP contribution >= 0.6 is 0 Å². The number of aliphatic hydroxyl groups excluding tert-OH is 1. The average molecular weight is 344 g/mol. The molecular formula is C19H20O4S. The summed E-state index contributed by atoms with van der Waals surface area (Å²) in [6.07, 6.45) is 7.57. The first-order valence-electron chi connectivity index (χ1n) is 8.52. The van der Waals surface area contributed by atoms with Crippen molar-refractivity contribution >= 4 is 10.1 Å². The van der Waals surface area contributed by atoms with E-state index in [0.717, 1.165) is 5.56 Å². The normalized spacial score (nSPS) is 44.4. The van der Waals surface area contributed by atoms with Gasteiger partial charge in [0.2, 0.25) is 0 Å². The van der Waals surface area contributed by atoms with Crippen LogP contribution in [-0.2, 0) is 14.3 Å². The van der Waals surface area contributed by atoms with E-state index < -0.39 is 10.1 Å². The molecule has 0 aliphatic heterocycles. The van der Waals surface area contributed by atoms with Gasteiger partial charge in [-0.15, -0.1) is 0 Å². The van der Waals surface area contributed by atoms with Gasteiger partial charge in [-0.25, -0.2) is 0 Å². The van der Waals surface area contributed by atoms with E-state index in [-0.39, 0.29) is 40.8 Å². The minimum Gasteiger partial charge on any atom is -0.392 e. The first-order chi connectivity index (χ1) is 11.5. The molecule has 5 rings (SSSR count). The van der Waals surface area contributed by atoms with E-state index in [1.807, 2.05) is 6.92 Å². The fraction of sp³-hybridized carbons (Fsp3) is 0.474. The molecule has 1 aromatic carbocycles. The Morgan fingerprint density at radius 2 is 1.38 bits per heavy atom. The van der Waals surface area contributed by atoms with Crippen molar-refractivity contribution < 1.29 is 17.7 Å². The van der Waals surface area contributed by atoms with Gasteiger partial charge in [0.25, 0.3) is 10.1 Å². The van der Waals surface area contributed by atoms with Gasteiger partial charge in [0.05, 0.1) is 17.1 Å². The highest BCUT2D eigenvalue weighted by Crippen LogP contribution is 2.64. The van der Waals surface area contributed by atoms with Crippen molar-refractivity contribution in [3.8, 4) is 0 Å². The van der Waals surface area contributed by atoms with Gasteiger partial charge >= 0.3 is 0 Å². The average Bonchev–Trinajstić information content (AvgIpc) is 3.25. The lowest BCUT2D eigenvalue weighted by Gasteiger charge is -2.23. The third-order valence-electron chi connectivity index (χ3n) is 6.43. The van der Waals surface area contributed by atoms with Gasteiger partial charge in [-0.2, -0.15) is 8.42 Å². The molecule has 0 bridgehead atoms. The standard InChI is InChI=1S/C19H20O4S/c1-10-2-4-11(5-3-10)24(21,22)23-19-14-8-6-12-16(14)17-13(18(12)20)7-9-15(17)19/h2-9,12-20H,1H3/t12-,13+,14+,15-,16-,17+,18?,19?. The molecule has 5 heteroatoms. The van der Waals surface area contributed by atoms with Crippen LogP contribution in [0.4, 0.5) is 0 Å². The van der Waals surface area contributed by atoms with Crippen LogP contribution in [0.25, 0.3) is 0 Å². The molecule has 8 atom stereocenters. The molecule has 1 N–H and O–H groups in total. The zero-order valence-electron chi connectivity index (χ0n) is 13.3. The smallest absolute Gasteiger partial charge is 0.297 e. The highest BCUT2D eigenvalue weighted by Gasteiger charge is 2.65. The Balaban J connectivity index is 1.48. The Labute approximate surface area is 142 Å². The van der Waals surface area contributed by atoms with Gasteiger partial charge in [0.15, 0.2) is 0 Å². The van der Waals surface area contributed by atoms with Gasteiger partial charge in [-0.05, 0) is 30.9 Å². The maximum Gasteiger partial charge on any atom is 0.297 e. The Morgan fingerprint density at radius 3 is 1.92 bits per heavy atom. The summed E-state index contributed by atoms with van der Waals surface area (Å²) in [5.41, 5.74) is 1.02. The maximum atomic E-state index is 12.7. The van der Waals surface area contributed by atoms with Gasteiger partial charge in [0.1, 0.15) is 0 Å². The number of hydrogen-bond donors (Lipinski definition) is 1. The topological polar surface area (TPSA) is 63.6 Å². The van der Waals surface area contributed by atoms with Gasteiger partial charge < -0.3 is 5.11 Å². The second-order valence-corrected chi connectivity index (χ2v) is 9.12. The lowest BCUT2D eigenvalue weighted by Crippen LogP contribution is -2.29. The van der Waals surface area contributed by atoms with Crippen LogP contribution in [-0.4, -0.2) is 25.7 Å². The maximum absolute atomic E-state index is 12.7. The summed E-state index contributed by atoms with van der Waals surface area (Å²) in [6, 6.07) is 6.77. The van der Waals surface area contributed by atoms with Crippen molar-refractivity contribution in [1.29, 1.82) is 0 Å². The predicted molar refractivity (Wildman–Crippen MR) is 88.5 cm³/mol. The fourth-order valence-corrected chi connectivity index (χ4v) is 6.58. The fourth-order valence-electron chi connectivity index (χ4n) is 5.45. The second-order valence-electron chi connectivity index (χ2n) is 7.55. The van der Waals surface area contributed by atoms with Crippen molar-refractivity contribution in [1.82, 2.24) is 0 Å². The largest absolute Gasteiger partial charge is 0.392 e. The third-order valence-corrected chi connectivity index (χ3v) is 7.75. The molecule has 2 unspecified atom stereocenters. The van der Waals surface area contributed by atoms with Crippen LogP contribution < -0.4 is 0 Å². The number of rotatable bonds is 3. The van der Waals surface area contributed by atoms with Crippen LogP contribution in [0.5, 0.6) is 0 Å². The molecule has 0 heterocycles. The molecule has 126 valence electrons. The van der Waals surface area contributed by atoms with E-state index in [2.05, 4.69) is 24.3 Å². The Morgan fingerprint density at radius 1 is 0.875 bits per heavy atom. The van der Waals surface area contributed by atoms with Crippen molar-refractivity contribution in [2.45, 2.75) is 24.0 Å². The molecule has 0 amide bonds. The number of aliphatic hydroxyl groups is 1. The first kappa shape index (κ1) is 14.9. The van der Waals surface area contributed by atoms with Crippen molar-refractivity contribution in [3.05, 3.63) is 54.1 Å². The SMILES string of the molecule is Cc1ccc(S(=O)(=O)OC2[C@H]3C=C[C@H]4C(O)[C@H]5C=C[C@@H]2[C@H]5[C@@H]34)cc1. The van der Waals surface area contributed by atoms with Crippen molar-refractivity contribution in [2.75, 3.05) is 0 Å². The monoisotopic (exact) mass is 344 g/mol. The predicted octanol–water partition coefficient (Wildman–Crippen LogP) is 2.29. The summed E-state index contributed by atoms with van der Waals surface area (Å²) in [7, 11) is -3.78. The zero-order chi connectivity index (χ0) is 16.6. The van der Waals surface area contributed by atoms with Crippen LogP contribution in [0.2, 0.25) is 0 Å². The lowest BCUT2D eigenvalue weighted by molar-refractivity contribution is 0.0908. The van der Waals surface area contributed by atoms with E-state index in [0.29, 0.717) is 11.8 Å². The summed E-state index contributed by atoms with van der Waals surface area (Å²) < 4.78 is 31.2. The van der Waals surface area contributed by atoms with E-state index in [1.54, 1.807) is 24.3 Å². The highest BCUT2D eigenvalue weighted by atomic mass is 32.2. The van der Waals surface area contributed by atoms with Crippen molar-refractivity contribution in [2.24, 2.45) is 35.5 Å². The van der Waals surface area contributed by atoms with E-state index >= 15 is 0 Å². The first-order valence-corrected chi connectivity index (χ1v) is 9.93. The molecule has 0 spiro atoms. The van der Waals surface area contributed by atoms with Crippen LogP contribution in [0.3, 0.4) is 0 Å². The van der Waals surface area contributed by atoms with Crippen LogP contribution in [0.15, 0.2) is 53.5 Å². The Bertz CT molecular complexity index is 807. The summed E-state index contributed by atoms with van der Waals surface area (Å²) in [5.74, 6) is 1.07. The van der Waals surface area contributed by atoms with Gasteiger partial charge in [0, 0.05) is 23.7 Å². The zero-order valence-corrected chi connectivity index (χ0v) is 14.1. The third kappa shape index (κ3) is 1.83. The Kier molecular flexibility index (Phi) is 2.98. The molecular weight excluding hydrogens is 324 g/mol. The molecule has 2 fully saturated rings. The summed E-state index contributed by atoms with van der Waals surface area (Å²) in [4.78, 5) is 0.210. The van der Waals surface area contributed by atoms with Crippen LogP contribution in [0.1, 0.15) is 5.56 Å². The molecule has 1 aromatic rings. The second kappa shape index (κ2) is 4.81. The number of benzene rings is 1. The Hall–Kier alpha value is -1.43. The molecule has 0 radical (unpaired) electrons. The van der Waals surface area contributed by atoms with E-state index in [1.165, 1.54) is 0 Å². The van der Waals surface area contributed by atoms with Gasteiger partial charge in [-0.1, -0.05) is 42.0 Å². The van der Waals surface area contributed by atoms with E-state index in [4.69, 9.17) is 4.18 Å². The quantitative estimate of drug-likeness (QED) is 0.675. The highest BCUT2D eigenvalue weighted by molar-refractivity contribution is 7.86. The molecule has 0 aromatic heterocycles. The van der Waals surface area contributed by atoms with Crippen LogP contribution in [0, 0.1) is 42.4 Å². The minimum absolute atomic E-state index is 0.0785. The molecule has 0 saturated heterocycles. The lowest BCUT2D eigenvalue weighted by atomic mass is 9.88. The molecule has 4 aliphatic rings. The van der Waals surface area contributed by atoms with Gasteiger partial charge in [-0.3, -0.25) is 4.18 Å². The molecule has 24 heavy (non-hydrogen) atoms. The molecule has 2 saturated carbocycles. The number of hydrogen-bond acceptors (Lipinski definition) is 4. The summed E-state index contributed by atoms with van der Waals surface area (Å²) in [5, 5.41) is 10.5. The molecule has 4 nitrogen and oxygen atoms in total. The number of aryl methyl sites for hydroxylation is 1. The van der Waals surface area contributed by atoms with E-state index in [9.17, 15) is 13.5 Å². The molecule has 4 aliphatic carbocycles. The summed E-state index contributed by atoms with van der Waals surface area (Å²) >= 11 is 0. The van der Waals surface area contributed by atoms with Crippen molar-refractivity contribution in [3.63, 3.8) is 0 Å². The minimum atomic E-state index is -3.78.